The molecule has 2 heterocycles. The second-order valence-corrected chi connectivity index (χ2v) is 8.51. The van der Waals surface area contributed by atoms with E-state index in [0.29, 0.717) is 34.4 Å². The number of carbonyl (C=O) groups excluding carboxylic acids is 4. The van der Waals surface area contributed by atoms with Crippen LogP contribution in [0.5, 0.6) is 0 Å². The summed E-state index contributed by atoms with van der Waals surface area (Å²) >= 11 is 0.669. The normalized spacial score (nSPS) is 14.5. The topological polar surface area (TPSA) is 106 Å². The van der Waals surface area contributed by atoms with E-state index in [1.807, 2.05) is 6.92 Å². The average Bonchev–Trinajstić information content (AvgIpc) is 3.40. The van der Waals surface area contributed by atoms with Crippen molar-refractivity contribution in [3.8, 4) is 11.3 Å². The van der Waals surface area contributed by atoms with Crippen LogP contribution in [0.3, 0.4) is 0 Å². The van der Waals surface area contributed by atoms with Crippen LogP contribution in [0.15, 0.2) is 63.9 Å². The molecule has 178 valence electrons. The number of nitrogens with zero attached hydrogens (tertiary/aromatic N) is 1. The maximum atomic E-state index is 13.7. The molecule has 4 rings (SSSR count). The number of hydrogen-bond donors (Lipinski definition) is 1. The third kappa shape index (κ3) is 5.17. The van der Waals surface area contributed by atoms with E-state index < -0.39 is 35.4 Å². The molecule has 3 amide bonds. The summed E-state index contributed by atoms with van der Waals surface area (Å²) in [7, 11) is 1.30. The van der Waals surface area contributed by atoms with E-state index in [1.54, 1.807) is 36.4 Å². The summed E-state index contributed by atoms with van der Waals surface area (Å²) in [5, 5.41) is 1.72. The van der Waals surface area contributed by atoms with Gasteiger partial charge in [-0.1, -0.05) is 18.2 Å². The number of imide groups is 1. The predicted octanol–water partition coefficient (Wildman–Crippen LogP) is 4.86. The van der Waals surface area contributed by atoms with E-state index in [0.717, 1.165) is 10.5 Å². The summed E-state index contributed by atoms with van der Waals surface area (Å²) in [5.41, 5.74) is 1.85. The van der Waals surface area contributed by atoms with Crippen LogP contribution in [0, 0.1) is 12.7 Å². The number of amides is 3. The second kappa shape index (κ2) is 9.98. The molecule has 0 bridgehead atoms. The van der Waals surface area contributed by atoms with Gasteiger partial charge in [0.1, 0.15) is 23.9 Å². The van der Waals surface area contributed by atoms with Gasteiger partial charge in [0.2, 0.25) is 5.91 Å². The molecule has 1 aliphatic heterocycles. The van der Waals surface area contributed by atoms with Gasteiger partial charge in [0.15, 0.2) is 0 Å². The first kappa shape index (κ1) is 24.0. The maximum Gasteiger partial charge on any atom is 0.337 e. The van der Waals surface area contributed by atoms with Gasteiger partial charge in [0.05, 0.1) is 23.3 Å². The minimum absolute atomic E-state index is 0.0466. The molecule has 0 saturated carbocycles. The lowest BCUT2D eigenvalue weighted by Gasteiger charge is -2.12. The first-order valence-electron chi connectivity index (χ1n) is 10.4. The van der Waals surface area contributed by atoms with Gasteiger partial charge in [-0.3, -0.25) is 19.3 Å². The number of rotatable bonds is 6. The highest BCUT2D eigenvalue weighted by molar-refractivity contribution is 8.18. The Hall–Kier alpha value is -4.18. The van der Waals surface area contributed by atoms with Crippen LogP contribution >= 0.6 is 11.8 Å². The number of para-hydroxylation sites is 1. The van der Waals surface area contributed by atoms with Crippen molar-refractivity contribution in [1.82, 2.24) is 4.90 Å². The Bertz CT molecular complexity index is 1380. The molecule has 1 saturated heterocycles. The lowest BCUT2D eigenvalue weighted by atomic mass is 10.0. The molecule has 0 spiro atoms. The van der Waals surface area contributed by atoms with Crippen LogP contribution in [0.4, 0.5) is 14.9 Å². The zero-order valence-electron chi connectivity index (χ0n) is 18.7. The van der Waals surface area contributed by atoms with Gasteiger partial charge in [0, 0.05) is 11.6 Å². The van der Waals surface area contributed by atoms with E-state index in [1.165, 1.54) is 31.4 Å². The predicted molar refractivity (Wildman–Crippen MR) is 128 cm³/mol. The molecule has 0 aliphatic carbocycles. The van der Waals surface area contributed by atoms with E-state index >= 15 is 0 Å². The van der Waals surface area contributed by atoms with E-state index in [-0.39, 0.29) is 10.6 Å². The van der Waals surface area contributed by atoms with E-state index in [9.17, 15) is 23.6 Å². The number of anilines is 1. The Morgan fingerprint density at radius 1 is 1.14 bits per heavy atom. The van der Waals surface area contributed by atoms with Gasteiger partial charge >= 0.3 is 5.97 Å². The summed E-state index contributed by atoms with van der Waals surface area (Å²) in [6.45, 7) is 1.30. The van der Waals surface area contributed by atoms with Crippen molar-refractivity contribution in [3.05, 3.63) is 82.2 Å². The summed E-state index contributed by atoms with van der Waals surface area (Å²) < 4.78 is 24.3. The number of thioether (sulfide) groups is 1. The largest absolute Gasteiger partial charge is 0.465 e. The number of nitrogens with one attached hydrogen (secondary N) is 1. The van der Waals surface area contributed by atoms with Crippen LogP contribution in [0.1, 0.15) is 21.7 Å². The summed E-state index contributed by atoms with van der Waals surface area (Å²) in [6.07, 6.45) is 1.41. The Morgan fingerprint density at radius 3 is 2.66 bits per heavy atom. The standard InChI is InChI=1S/C25H19FN2O6S/c1-14-7-8-15(24(31)33-2)11-17(14)20-10-9-16(34-20)12-21-23(30)28(25(32)35-21)13-22(29)27-19-6-4-3-5-18(19)26/h3-12H,13H2,1-2H3,(H,27,29)/b21-12-. The fourth-order valence-corrected chi connectivity index (χ4v) is 4.19. The van der Waals surface area contributed by atoms with Crippen molar-refractivity contribution >= 4 is 46.5 Å². The number of halogens is 1. The number of hydrogen-bond acceptors (Lipinski definition) is 7. The highest BCUT2D eigenvalue weighted by Crippen LogP contribution is 2.34. The smallest absolute Gasteiger partial charge is 0.337 e. The lowest BCUT2D eigenvalue weighted by Crippen LogP contribution is -2.36. The van der Waals surface area contributed by atoms with Crippen molar-refractivity contribution < 1.29 is 32.7 Å². The molecule has 8 nitrogen and oxygen atoms in total. The average molecular weight is 495 g/mol. The van der Waals surface area contributed by atoms with Crippen LogP contribution in [0.2, 0.25) is 0 Å². The zero-order valence-corrected chi connectivity index (χ0v) is 19.5. The minimum atomic E-state index is -0.708. The highest BCUT2D eigenvalue weighted by atomic mass is 32.2. The third-order valence-electron chi connectivity index (χ3n) is 5.15. The van der Waals surface area contributed by atoms with Gasteiger partial charge in [-0.2, -0.15) is 0 Å². The zero-order chi connectivity index (χ0) is 25.1. The molecule has 0 unspecified atom stereocenters. The molecule has 1 fully saturated rings. The van der Waals surface area contributed by atoms with Gasteiger partial charge in [-0.05, 0) is 60.6 Å². The quantitative estimate of drug-likeness (QED) is 0.385. The van der Waals surface area contributed by atoms with Gasteiger partial charge in [-0.15, -0.1) is 0 Å². The van der Waals surface area contributed by atoms with Crippen molar-refractivity contribution in [1.29, 1.82) is 0 Å². The number of benzene rings is 2. The van der Waals surface area contributed by atoms with Crippen LogP contribution < -0.4 is 5.32 Å². The van der Waals surface area contributed by atoms with Crippen LogP contribution in [0.25, 0.3) is 17.4 Å². The minimum Gasteiger partial charge on any atom is -0.465 e. The monoisotopic (exact) mass is 494 g/mol. The van der Waals surface area contributed by atoms with Crippen molar-refractivity contribution in [3.63, 3.8) is 0 Å². The SMILES string of the molecule is COC(=O)c1ccc(C)c(-c2ccc(/C=C3\SC(=O)N(CC(=O)Nc4ccccc4F)C3=O)o2)c1. The van der Waals surface area contributed by atoms with Crippen LogP contribution in [-0.2, 0) is 14.3 Å². The third-order valence-corrected chi connectivity index (χ3v) is 6.05. The van der Waals surface area contributed by atoms with Gasteiger partial charge < -0.3 is 14.5 Å². The Kier molecular flexibility index (Phi) is 6.83. The van der Waals surface area contributed by atoms with Gasteiger partial charge in [0.25, 0.3) is 11.1 Å². The molecule has 1 N–H and O–H groups in total. The van der Waals surface area contributed by atoms with E-state index in [4.69, 9.17) is 9.15 Å². The van der Waals surface area contributed by atoms with E-state index in [2.05, 4.69) is 5.32 Å². The number of esters is 1. The molecule has 2 aromatic carbocycles. The van der Waals surface area contributed by atoms with Crippen LogP contribution in [-0.4, -0.2) is 41.6 Å². The second-order valence-electron chi connectivity index (χ2n) is 7.52. The number of ether oxygens (including phenoxy) is 1. The fraction of sp³-hybridized carbons (Fsp3) is 0.120. The highest BCUT2D eigenvalue weighted by Gasteiger charge is 2.36. The Labute approximate surface area is 203 Å². The number of carbonyl (C=O) groups is 4. The molecule has 10 heteroatoms. The van der Waals surface area contributed by atoms with Crippen molar-refractivity contribution in [2.75, 3.05) is 19.0 Å². The Balaban J connectivity index is 1.49. The first-order valence-corrected chi connectivity index (χ1v) is 11.2. The molecule has 3 aromatic rings. The molecule has 0 atom stereocenters. The summed E-state index contributed by atoms with van der Waals surface area (Å²) in [6, 6.07) is 13.9. The molecular weight excluding hydrogens is 475 g/mol. The number of furan rings is 1. The molecule has 1 aliphatic rings. The van der Waals surface area contributed by atoms with Crippen molar-refractivity contribution in [2.24, 2.45) is 0 Å². The lowest BCUT2D eigenvalue weighted by molar-refractivity contribution is -0.127. The fourth-order valence-electron chi connectivity index (χ4n) is 3.37. The van der Waals surface area contributed by atoms with Gasteiger partial charge in [-0.25, -0.2) is 9.18 Å². The number of methoxy groups -OCH3 is 1. The maximum absolute atomic E-state index is 13.7. The molecule has 1 aromatic heterocycles. The Morgan fingerprint density at radius 2 is 1.91 bits per heavy atom. The summed E-state index contributed by atoms with van der Waals surface area (Å²) in [5.74, 6) is -1.71. The molecule has 0 radical (unpaired) electrons. The molecular formula is C25H19FN2O6S. The van der Waals surface area contributed by atoms with Crippen molar-refractivity contribution in [2.45, 2.75) is 6.92 Å². The summed E-state index contributed by atoms with van der Waals surface area (Å²) in [4.78, 5) is 50.0. The number of aryl methyl sites for hydroxylation is 1. The first-order chi connectivity index (χ1) is 16.8. The molecule has 35 heavy (non-hydrogen) atoms.